The van der Waals surface area contributed by atoms with Gasteiger partial charge in [-0.2, -0.15) is 0 Å². The Labute approximate surface area is 129 Å². The highest BCUT2D eigenvalue weighted by Crippen LogP contribution is 2.21. The van der Waals surface area contributed by atoms with Crippen molar-refractivity contribution in [2.24, 2.45) is 0 Å². The van der Waals surface area contributed by atoms with Gasteiger partial charge in [-0.3, -0.25) is 0 Å². The van der Waals surface area contributed by atoms with E-state index in [0.717, 1.165) is 25.2 Å². The molecule has 21 heavy (non-hydrogen) atoms. The summed E-state index contributed by atoms with van der Waals surface area (Å²) in [7, 11) is 0. The van der Waals surface area contributed by atoms with Crippen LogP contribution in [0.25, 0.3) is 0 Å². The Bertz CT molecular complexity index is 435. The van der Waals surface area contributed by atoms with E-state index in [1.165, 1.54) is 56.4 Å². The van der Waals surface area contributed by atoms with E-state index >= 15 is 0 Å². The van der Waals surface area contributed by atoms with Crippen LogP contribution in [-0.4, -0.2) is 26.2 Å². The molecule has 1 fully saturated rings. The zero-order valence-corrected chi connectivity index (χ0v) is 13.5. The van der Waals surface area contributed by atoms with Crippen molar-refractivity contribution >= 4 is 0 Å². The van der Waals surface area contributed by atoms with Gasteiger partial charge >= 0.3 is 0 Å². The molecule has 0 atom stereocenters. The number of rotatable bonds is 8. The topological polar surface area (TPSA) is 13.7 Å². The van der Waals surface area contributed by atoms with Gasteiger partial charge in [-0.25, -0.2) is 0 Å². The molecule has 0 aromatic heterocycles. The van der Waals surface area contributed by atoms with Gasteiger partial charge in [0, 0.05) is 0 Å². The molecule has 0 amide bonds. The normalized spacial score (nSPS) is 15.9. The number of aryl methyl sites for hydroxylation is 1. The fraction of sp³-hybridized carbons (Fsp3) is 0.579. The number of hydrogen-bond acceptors (Lipinski definition) is 1. The molecule has 0 unspecified atom stereocenters. The van der Waals surface area contributed by atoms with Crippen molar-refractivity contribution in [1.29, 1.82) is 0 Å². The monoisotopic (exact) mass is 288 g/mol. The summed E-state index contributed by atoms with van der Waals surface area (Å²) in [5.74, 6) is 1.03. The molecule has 2 heteroatoms. The van der Waals surface area contributed by atoms with Gasteiger partial charge in [-0.1, -0.05) is 23.8 Å². The second kappa shape index (κ2) is 8.89. The first-order valence-electron chi connectivity index (χ1n) is 8.46. The highest BCUT2D eigenvalue weighted by atomic mass is 16.5. The Morgan fingerprint density at radius 2 is 2.00 bits per heavy atom. The summed E-state index contributed by atoms with van der Waals surface area (Å²) in [4.78, 5) is 1.80. The Kier molecular flexibility index (Phi) is 6.81. The molecule has 1 aliphatic rings. The molecule has 116 valence electrons. The molecule has 1 aliphatic heterocycles. The van der Waals surface area contributed by atoms with Crippen LogP contribution in [0.15, 0.2) is 30.9 Å². The van der Waals surface area contributed by atoms with Crippen molar-refractivity contribution in [3.63, 3.8) is 0 Å². The third-order valence-corrected chi connectivity index (χ3v) is 4.32. The van der Waals surface area contributed by atoms with Gasteiger partial charge in [0.25, 0.3) is 0 Å². The molecule has 1 saturated heterocycles. The summed E-state index contributed by atoms with van der Waals surface area (Å²) in [5, 5.41) is 0. The maximum Gasteiger partial charge on any atom is 0.122 e. The standard InChI is InChI=1S/C19H29NO/c1-3-9-18-16-17(2)10-11-19(18)21-15-8-7-14-20-12-5-4-6-13-20/h3,10-11,16H,1,4-9,12-15H2,2H3/p+1. The summed E-state index contributed by atoms with van der Waals surface area (Å²) in [6, 6.07) is 6.43. The first kappa shape index (κ1) is 16.1. The molecular weight excluding hydrogens is 258 g/mol. The van der Waals surface area contributed by atoms with Crippen molar-refractivity contribution in [1.82, 2.24) is 0 Å². The Morgan fingerprint density at radius 3 is 2.76 bits per heavy atom. The van der Waals surface area contributed by atoms with Gasteiger partial charge in [-0.05, 0) is 57.1 Å². The lowest BCUT2D eigenvalue weighted by Crippen LogP contribution is -3.12. The van der Waals surface area contributed by atoms with Gasteiger partial charge in [0.05, 0.1) is 26.2 Å². The van der Waals surface area contributed by atoms with Crippen molar-refractivity contribution in [2.45, 2.75) is 45.4 Å². The minimum atomic E-state index is 0.834. The highest BCUT2D eigenvalue weighted by molar-refractivity contribution is 5.38. The SMILES string of the molecule is C=CCc1cc(C)ccc1OCCCC[NH+]1CCCCC1. The van der Waals surface area contributed by atoms with Crippen LogP contribution in [0.2, 0.25) is 0 Å². The van der Waals surface area contributed by atoms with Gasteiger partial charge in [-0.15, -0.1) is 6.58 Å². The number of hydrogen-bond donors (Lipinski definition) is 1. The lowest BCUT2D eigenvalue weighted by atomic mass is 10.1. The van der Waals surface area contributed by atoms with Gasteiger partial charge < -0.3 is 9.64 Å². The second-order valence-corrected chi connectivity index (χ2v) is 6.22. The quantitative estimate of drug-likeness (QED) is 0.573. The average molecular weight is 288 g/mol. The number of allylic oxidation sites excluding steroid dienone is 1. The van der Waals surface area contributed by atoms with E-state index < -0.39 is 0 Å². The molecule has 1 aromatic rings. The Balaban J connectivity index is 1.69. The van der Waals surface area contributed by atoms with Crippen LogP contribution in [-0.2, 0) is 6.42 Å². The van der Waals surface area contributed by atoms with E-state index in [2.05, 4.69) is 31.7 Å². The second-order valence-electron chi connectivity index (χ2n) is 6.22. The van der Waals surface area contributed by atoms with Crippen LogP contribution in [0.1, 0.15) is 43.2 Å². The minimum absolute atomic E-state index is 0.834. The van der Waals surface area contributed by atoms with E-state index in [1.807, 2.05) is 6.08 Å². The van der Waals surface area contributed by atoms with Crippen molar-refractivity contribution in [3.05, 3.63) is 42.0 Å². The number of likely N-dealkylation sites (tertiary alicyclic amines) is 1. The van der Waals surface area contributed by atoms with Gasteiger partial charge in [0.2, 0.25) is 0 Å². The number of nitrogens with one attached hydrogen (secondary N) is 1. The lowest BCUT2D eigenvalue weighted by molar-refractivity contribution is -0.905. The summed E-state index contributed by atoms with van der Waals surface area (Å²) < 4.78 is 5.98. The van der Waals surface area contributed by atoms with E-state index in [-0.39, 0.29) is 0 Å². The molecule has 1 N–H and O–H groups in total. The molecule has 1 heterocycles. The molecule has 0 spiro atoms. The molecule has 2 nitrogen and oxygen atoms in total. The van der Waals surface area contributed by atoms with Gasteiger partial charge in [0.1, 0.15) is 5.75 Å². The summed E-state index contributed by atoms with van der Waals surface area (Å²) in [6.07, 6.45) is 9.53. The summed E-state index contributed by atoms with van der Waals surface area (Å²) in [6.45, 7) is 10.9. The van der Waals surface area contributed by atoms with E-state index in [1.54, 1.807) is 4.90 Å². The average Bonchev–Trinajstić information content (AvgIpc) is 2.50. The fourth-order valence-electron chi connectivity index (χ4n) is 3.13. The summed E-state index contributed by atoms with van der Waals surface area (Å²) >= 11 is 0. The molecule has 2 rings (SSSR count). The number of piperidine rings is 1. The van der Waals surface area contributed by atoms with Crippen LogP contribution in [0.5, 0.6) is 5.75 Å². The van der Waals surface area contributed by atoms with E-state index in [0.29, 0.717) is 0 Å². The molecular formula is C19H30NO+. The third kappa shape index (κ3) is 5.55. The molecule has 0 saturated carbocycles. The Morgan fingerprint density at radius 1 is 1.19 bits per heavy atom. The number of benzene rings is 1. The van der Waals surface area contributed by atoms with Crippen molar-refractivity contribution in [3.8, 4) is 5.75 Å². The number of ether oxygens (including phenoxy) is 1. The number of quaternary nitrogens is 1. The first-order chi connectivity index (χ1) is 10.3. The molecule has 0 aliphatic carbocycles. The number of unbranched alkanes of at least 4 members (excludes halogenated alkanes) is 1. The van der Waals surface area contributed by atoms with Crippen LogP contribution in [0.4, 0.5) is 0 Å². The fourth-order valence-corrected chi connectivity index (χ4v) is 3.13. The van der Waals surface area contributed by atoms with Crippen LogP contribution in [0, 0.1) is 6.92 Å². The highest BCUT2D eigenvalue weighted by Gasteiger charge is 2.12. The van der Waals surface area contributed by atoms with Crippen molar-refractivity contribution in [2.75, 3.05) is 26.2 Å². The van der Waals surface area contributed by atoms with Crippen molar-refractivity contribution < 1.29 is 9.64 Å². The zero-order chi connectivity index (χ0) is 14.9. The first-order valence-corrected chi connectivity index (χ1v) is 8.46. The predicted molar refractivity (Wildman–Crippen MR) is 89.2 cm³/mol. The Hall–Kier alpha value is -1.28. The van der Waals surface area contributed by atoms with Gasteiger partial charge in [0.15, 0.2) is 0 Å². The van der Waals surface area contributed by atoms with E-state index in [4.69, 9.17) is 4.74 Å². The predicted octanol–water partition coefficient (Wildman–Crippen LogP) is 2.95. The third-order valence-electron chi connectivity index (χ3n) is 4.32. The van der Waals surface area contributed by atoms with E-state index in [9.17, 15) is 0 Å². The minimum Gasteiger partial charge on any atom is -0.493 e. The smallest absolute Gasteiger partial charge is 0.122 e. The molecule has 1 aromatic carbocycles. The zero-order valence-electron chi connectivity index (χ0n) is 13.5. The van der Waals surface area contributed by atoms with Crippen LogP contribution in [0.3, 0.4) is 0 Å². The maximum atomic E-state index is 5.98. The van der Waals surface area contributed by atoms with Crippen LogP contribution < -0.4 is 9.64 Å². The largest absolute Gasteiger partial charge is 0.493 e. The lowest BCUT2D eigenvalue weighted by Gasteiger charge is -2.23. The summed E-state index contributed by atoms with van der Waals surface area (Å²) in [5.41, 5.74) is 2.54. The molecule has 0 bridgehead atoms. The maximum absolute atomic E-state index is 5.98. The molecule has 0 radical (unpaired) electrons. The van der Waals surface area contributed by atoms with Crippen LogP contribution >= 0.6 is 0 Å².